The molecule has 0 aromatic rings. The quantitative estimate of drug-likeness (QED) is 0.412. The molecule has 1 atom stereocenters. The van der Waals surface area contributed by atoms with E-state index in [1.165, 1.54) is 32.1 Å². The van der Waals surface area contributed by atoms with E-state index >= 15 is 0 Å². The largest absolute Gasteiger partial charge is 0.466 e. The molecule has 0 aliphatic carbocycles. The molecule has 0 aliphatic heterocycles. The van der Waals surface area contributed by atoms with Gasteiger partial charge >= 0.3 is 5.97 Å². The van der Waals surface area contributed by atoms with Crippen molar-refractivity contribution in [3.8, 4) is 0 Å². The van der Waals surface area contributed by atoms with Crippen molar-refractivity contribution in [2.24, 2.45) is 5.92 Å². The Hall–Kier alpha value is -0.570. The molecule has 0 heterocycles. The maximum atomic E-state index is 11.3. The van der Waals surface area contributed by atoms with E-state index in [2.05, 4.69) is 6.92 Å². The predicted molar refractivity (Wildman–Crippen MR) is 70.0 cm³/mol. The first kappa shape index (κ1) is 16.4. The van der Waals surface area contributed by atoms with Crippen molar-refractivity contribution in [1.82, 2.24) is 0 Å². The van der Waals surface area contributed by atoms with E-state index in [1.807, 2.05) is 13.8 Å². The Morgan fingerprint density at radius 1 is 1.06 bits per heavy atom. The third-order valence-electron chi connectivity index (χ3n) is 2.70. The number of carbonyl (C=O) groups is 1. The summed E-state index contributed by atoms with van der Waals surface area (Å²) in [6.45, 7) is 7.57. The van der Waals surface area contributed by atoms with Crippen LogP contribution in [-0.2, 0) is 14.3 Å². The van der Waals surface area contributed by atoms with E-state index in [-0.39, 0.29) is 11.9 Å². The first-order valence-corrected chi connectivity index (χ1v) is 6.96. The van der Waals surface area contributed by atoms with Crippen molar-refractivity contribution in [2.75, 3.05) is 19.8 Å². The number of rotatable bonds is 11. The normalized spacial score (nSPS) is 12.4. The van der Waals surface area contributed by atoms with Crippen LogP contribution in [-0.4, -0.2) is 25.8 Å². The van der Waals surface area contributed by atoms with Crippen LogP contribution in [0.25, 0.3) is 0 Å². The zero-order valence-corrected chi connectivity index (χ0v) is 11.7. The van der Waals surface area contributed by atoms with Crippen LogP contribution in [0.2, 0.25) is 0 Å². The molecule has 0 spiro atoms. The monoisotopic (exact) mass is 244 g/mol. The summed E-state index contributed by atoms with van der Waals surface area (Å²) in [5.74, 6) is -0.300. The van der Waals surface area contributed by atoms with E-state index < -0.39 is 0 Å². The van der Waals surface area contributed by atoms with Gasteiger partial charge in [0.2, 0.25) is 0 Å². The Labute approximate surface area is 106 Å². The van der Waals surface area contributed by atoms with Gasteiger partial charge in [-0.3, -0.25) is 4.79 Å². The second-order valence-corrected chi connectivity index (χ2v) is 4.50. The molecule has 3 nitrogen and oxygen atoms in total. The van der Waals surface area contributed by atoms with Crippen LogP contribution in [0.4, 0.5) is 0 Å². The molecule has 0 radical (unpaired) electrons. The molecule has 0 aliphatic rings. The summed E-state index contributed by atoms with van der Waals surface area (Å²) in [4.78, 5) is 11.3. The molecule has 0 aromatic heterocycles. The molecule has 0 saturated carbocycles. The summed E-state index contributed by atoms with van der Waals surface area (Å²) in [5.41, 5.74) is 0. The zero-order valence-electron chi connectivity index (χ0n) is 11.7. The van der Waals surface area contributed by atoms with E-state index in [1.54, 1.807) is 0 Å². The smallest absolute Gasteiger partial charge is 0.310 e. The second-order valence-electron chi connectivity index (χ2n) is 4.50. The van der Waals surface area contributed by atoms with E-state index in [9.17, 15) is 4.79 Å². The van der Waals surface area contributed by atoms with Gasteiger partial charge in [-0.25, -0.2) is 0 Å². The van der Waals surface area contributed by atoms with Crippen LogP contribution < -0.4 is 0 Å². The van der Waals surface area contributed by atoms with Crippen molar-refractivity contribution in [3.63, 3.8) is 0 Å². The highest BCUT2D eigenvalue weighted by Gasteiger charge is 2.13. The van der Waals surface area contributed by atoms with Crippen molar-refractivity contribution in [2.45, 2.75) is 59.3 Å². The Kier molecular flexibility index (Phi) is 11.5. The second kappa shape index (κ2) is 11.9. The predicted octanol–water partition coefficient (Wildman–Crippen LogP) is 3.56. The fourth-order valence-corrected chi connectivity index (χ4v) is 1.60. The lowest BCUT2D eigenvalue weighted by atomic mass is 10.1. The molecule has 0 bridgehead atoms. The van der Waals surface area contributed by atoms with Gasteiger partial charge in [0.15, 0.2) is 0 Å². The zero-order chi connectivity index (χ0) is 12.9. The molecule has 0 aromatic carbocycles. The molecule has 0 fully saturated rings. The molecular weight excluding hydrogens is 216 g/mol. The maximum absolute atomic E-state index is 11.3. The topological polar surface area (TPSA) is 35.5 Å². The van der Waals surface area contributed by atoms with Crippen molar-refractivity contribution < 1.29 is 14.3 Å². The van der Waals surface area contributed by atoms with Crippen LogP contribution in [0.1, 0.15) is 59.3 Å². The molecule has 0 saturated heterocycles. The van der Waals surface area contributed by atoms with Gasteiger partial charge in [-0.15, -0.1) is 0 Å². The van der Waals surface area contributed by atoms with Crippen molar-refractivity contribution in [1.29, 1.82) is 0 Å². The highest BCUT2D eigenvalue weighted by molar-refractivity contribution is 5.72. The number of esters is 1. The fourth-order valence-electron chi connectivity index (χ4n) is 1.60. The average molecular weight is 244 g/mol. The molecule has 17 heavy (non-hydrogen) atoms. The summed E-state index contributed by atoms with van der Waals surface area (Å²) < 4.78 is 10.4. The molecule has 3 heteroatoms. The van der Waals surface area contributed by atoms with Gasteiger partial charge in [0.05, 0.1) is 19.1 Å². The standard InChI is InChI=1S/C14H28O3/c1-4-6-7-8-9-10-11-16-12-13(3)14(15)17-5-2/h13H,4-12H2,1-3H3. The van der Waals surface area contributed by atoms with Crippen LogP contribution >= 0.6 is 0 Å². The Balaban J connectivity index is 3.24. The summed E-state index contributed by atoms with van der Waals surface area (Å²) in [7, 11) is 0. The summed E-state index contributed by atoms with van der Waals surface area (Å²) >= 11 is 0. The summed E-state index contributed by atoms with van der Waals surface area (Å²) in [5, 5.41) is 0. The van der Waals surface area contributed by atoms with Gasteiger partial charge in [-0.05, 0) is 20.3 Å². The van der Waals surface area contributed by atoms with Gasteiger partial charge in [0, 0.05) is 6.61 Å². The van der Waals surface area contributed by atoms with Crippen LogP contribution in [0, 0.1) is 5.92 Å². The minimum absolute atomic E-state index is 0.143. The molecule has 1 unspecified atom stereocenters. The number of ether oxygens (including phenoxy) is 2. The minimum Gasteiger partial charge on any atom is -0.466 e. The Bertz CT molecular complexity index is 180. The molecule has 0 rings (SSSR count). The van der Waals surface area contributed by atoms with E-state index in [0.29, 0.717) is 13.2 Å². The third-order valence-corrected chi connectivity index (χ3v) is 2.70. The molecule has 0 amide bonds. The van der Waals surface area contributed by atoms with Gasteiger partial charge in [0.25, 0.3) is 0 Å². The third kappa shape index (κ3) is 10.3. The first-order chi connectivity index (χ1) is 8.22. The Morgan fingerprint density at radius 3 is 2.35 bits per heavy atom. The van der Waals surface area contributed by atoms with Crippen LogP contribution in [0.15, 0.2) is 0 Å². The highest BCUT2D eigenvalue weighted by atomic mass is 16.5. The maximum Gasteiger partial charge on any atom is 0.310 e. The lowest BCUT2D eigenvalue weighted by molar-refractivity contribution is -0.149. The van der Waals surface area contributed by atoms with Crippen LogP contribution in [0.3, 0.4) is 0 Å². The van der Waals surface area contributed by atoms with Crippen molar-refractivity contribution >= 4 is 5.97 Å². The summed E-state index contributed by atoms with van der Waals surface area (Å²) in [6.07, 6.45) is 7.57. The minimum atomic E-state index is -0.157. The van der Waals surface area contributed by atoms with E-state index in [4.69, 9.17) is 9.47 Å². The number of hydrogen-bond donors (Lipinski definition) is 0. The highest BCUT2D eigenvalue weighted by Crippen LogP contribution is 2.06. The lowest BCUT2D eigenvalue weighted by Crippen LogP contribution is -2.20. The van der Waals surface area contributed by atoms with Gasteiger partial charge in [-0.1, -0.05) is 39.0 Å². The van der Waals surface area contributed by atoms with Gasteiger partial charge < -0.3 is 9.47 Å². The molecular formula is C14H28O3. The number of carbonyl (C=O) groups excluding carboxylic acids is 1. The summed E-state index contributed by atoms with van der Waals surface area (Å²) in [6, 6.07) is 0. The van der Waals surface area contributed by atoms with E-state index in [0.717, 1.165) is 13.0 Å². The molecule has 102 valence electrons. The number of hydrogen-bond acceptors (Lipinski definition) is 3. The lowest BCUT2D eigenvalue weighted by Gasteiger charge is -2.10. The van der Waals surface area contributed by atoms with Gasteiger partial charge in [0.1, 0.15) is 0 Å². The fraction of sp³-hybridized carbons (Fsp3) is 0.929. The van der Waals surface area contributed by atoms with Gasteiger partial charge in [-0.2, -0.15) is 0 Å². The SMILES string of the molecule is CCCCCCCCOCC(C)C(=O)OCC. The Morgan fingerprint density at radius 2 is 1.71 bits per heavy atom. The van der Waals surface area contributed by atoms with Crippen LogP contribution in [0.5, 0.6) is 0 Å². The first-order valence-electron chi connectivity index (χ1n) is 6.96. The average Bonchev–Trinajstić information content (AvgIpc) is 2.32. The van der Waals surface area contributed by atoms with Crippen molar-refractivity contribution in [3.05, 3.63) is 0 Å². The molecule has 0 N–H and O–H groups in total. The number of unbranched alkanes of at least 4 members (excludes halogenated alkanes) is 5.